The minimum atomic E-state index is -0.431. The topological polar surface area (TPSA) is 100 Å². The summed E-state index contributed by atoms with van der Waals surface area (Å²) in [5.74, 6) is 0.757. The van der Waals surface area contributed by atoms with Crippen LogP contribution < -0.4 is 21.1 Å². The molecule has 0 radical (unpaired) electrons. The van der Waals surface area contributed by atoms with Gasteiger partial charge < -0.3 is 21.1 Å². The standard InChI is InChI=1S/C23H24N4O2/c1-3-12-26-15(2)27-20-9-6-16(7-10-20)23(28)29-21-11-8-17-13-19(22(24)25)5-4-18(17)14-21/h4-11,13-14,26-27H,2-3,12H2,1H3,(H3,24,25). The number of hydrogen-bond donors (Lipinski definition) is 4. The van der Waals surface area contributed by atoms with Gasteiger partial charge in [-0.2, -0.15) is 0 Å². The molecule has 0 saturated heterocycles. The van der Waals surface area contributed by atoms with Gasteiger partial charge in [0.1, 0.15) is 11.6 Å². The second kappa shape index (κ2) is 8.93. The monoisotopic (exact) mass is 388 g/mol. The highest BCUT2D eigenvalue weighted by molar-refractivity contribution is 5.99. The van der Waals surface area contributed by atoms with Gasteiger partial charge in [0, 0.05) is 17.8 Å². The number of carbonyl (C=O) groups is 1. The van der Waals surface area contributed by atoms with Crippen molar-refractivity contribution < 1.29 is 9.53 Å². The number of benzene rings is 3. The van der Waals surface area contributed by atoms with Crippen molar-refractivity contribution in [3.63, 3.8) is 0 Å². The van der Waals surface area contributed by atoms with Gasteiger partial charge in [-0.05, 0) is 59.7 Å². The molecule has 0 aliphatic heterocycles. The molecule has 0 aromatic heterocycles. The second-order valence-corrected chi connectivity index (χ2v) is 6.63. The molecule has 0 saturated carbocycles. The van der Waals surface area contributed by atoms with Gasteiger partial charge in [0.05, 0.1) is 11.4 Å². The highest BCUT2D eigenvalue weighted by atomic mass is 16.5. The Labute approximate surface area is 169 Å². The number of nitrogens with one attached hydrogen (secondary N) is 3. The lowest BCUT2D eigenvalue weighted by Crippen LogP contribution is -2.19. The van der Waals surface area contributed by atoms with Crippen LogP contribution in [0.4, 0.5) is 5.69 Å². The molecular weight excluding hydrogens is 364 g/mol. The zero-order valence-electron chi connectivity index (χ0n) is 16.3. The Morgan fingerprint density at radius 3 is 2.38 bits per heavy atom. The first-order valence-electron chi connectivity index (χ1n) is 9.36. The first-order valence-corrected chi connectivity index (χ1v) is 9.36. The average Bonchev–Trinajstić information content (AvgIpc) is 2.72. The first kappa shape index (κ1) is 19.9. The number of nitrogens with two attached hydrogens (primary N) is 1. The molecule has 3 aromatic carbocycles. The number of esters is 1. The van der Waals surface area contributed by atoms with E-state index < -0.39 is 5.97 Å². The predicted octanol–water partition coefficient (Wildman–Crippen LogP) is 4.23. The zero-order valence-corrected chi connectivity index (χ0v) is 16.3. The fourth-order valence-corrected chi connectivity index (χ4v) is 2.80. The number of ether oxygens (including phenoxy) is 1. The van der Waals surface area contributed by atoms with Gasteiger partial charge in [0.25, 0.3) is 0 Å². The molecule has 0 amide bonds. The van der Waals surface area contributed by atoms with Gasteiger partial charge >= 0.3 is 5.97 Å². The molecule has 3 rings (SSSR count). The second-order valence-electron chi connectivity index (χ2n) is 6.63. The van der Waals surface area contributed by atoms with E-state index >= 15 is 0 Å². The number of nitrogen functional groups attached to an aromatic ring is 1. The van der Waals surface area contributed by atoms with Gasteiger partial charge in [-0.15, -0.1) is 0 Å². The molecule has 0 heterocycles. The number of carbonyl (C=O) groups excluding carboxylic acids is 1. The molecule has 6 nitrogen and oxygen atoms in total. The number of anilines is 1. The lowest BCUT2D eigenvalue weighted by molar-refractivity contribution is 0.0735. The zero-order chi connectivity index (χ0) is 20.8. The minimum absolute atomic E-state index is 0.0186. The quantitative estimate of drug-likeness (QED) is 0.200. The van der Waals surface area contributed by atoms with Crippen molar-refractivity contribution >= 4 is 28.3 Å². The Balaban J connectivity index is 1.67. The summed E-state index contributed by atoms with van der Waals surface area (Å²) in [6.45, 7) is 6.84. The van der Waals surface area contributed by atoms with Crippen molar-refractivity contribution in [3.05, 3.63) is 84.2 Å². The number of rotatable bonds is 8. The van der Waals surface area contributed by atoms with Crippen LogP contribution in [0.5, 0.6) is 5.75 Å². The molecule has 0 aliphatic carbocycles. The molecule has 0 atom stereocenters. The van der Waals surface area contributed by atoms with Gasteiger partial charge in [-0.3, -0.25) is 5.41 Å². The van der Waals surface area contributed by atoms with E-state index in [9.17, 15) is 4.79 Å². The van der Waals surface area contributed by atoms with E-state index in [-0.39, 0.29) is 5.84 Å². The van der Waals surface area contributed by atoms with Gasteiger partial charge in [0.15, 0.2) is 0 Å². The van der Waals surface area contributed by atoms with Crippen molar-refractivity contribution in [2.75, 3.05) is 11.9 Å². The normalized spacial score (nSPS) is 10.4. The van der Waals surface area contributed by atoms with Gasteiger partial charge in [-0.25, -0.2) is 4.79 Å². The summed E-state index contributed by atoms with van der Waals surface area (Å²) in [4.78, 5) is 12.5. The van der Waals surface area contributed by atoms with Crippen LogP contribution >= 0.6 is 0 Å². The fraction of sp³-hybridized carbons (Fsp3) is 0.130. The minimum Gasteiger partial charge on any atom is -0.423 e. The third kappa shape index (κ3) is 5.13. The molecule has 0 fully saturated rings. The van der Waals surface area contributed by atoms with E-state index in [1.54, 1.807) is 42.5 Å². The van der Waals surface area contributed by atoms with Crippen LogP contribution in [0.1, 0.15) is 29.3 Å². The number of amidine groups is 1. The van der Waals surface area contributed by atoms with Crippen LogP contribution in [-0.2, 0) is 0 Å². The fourth-order valence-electron chi connectivity index (χ4n) is 2.80. The summed E-state index contributed by atoms with van der Waals surface area (Å²) < 4.78 is 5.50. The molecule has 0 unspecified atom stereocenters. The highest BCUT2D eigenvalue weighted by Gasteiger charge is 2.10. The predicted molar refractivity (Wildman–Crippen MR) is 117 cm³/mol. The molecule has 29 heavy (non-hydrogen) atoms. The Morgan fingerprint density at radius 1 is 1.03 bits per heavy atom. The molecule has 3 aromatic rings. The third-order valence-electron chi connectivity index (χ3n) is 4.34. The summed E-state index contributed by atoms with van der Waals surface area (Å²) in [7, 11) is 0. The Hall–Kier alpha value is -3.80. The largest absolute Gasteiger partial charge is 0.423 e. The van der Waals surface area contributed by atoms with Crippen molar-refractivity contribution in [2.45, 2.75) is 13.3 Å². The molecule has 5 N–H and O–H groups in total. The summed E-state index contributed by atoms with van der Waals surface area (Å²) >= 11 is 0. The van der Waals surface area contributed by atoms with E-state index in [0.717, 1.165) is 29.4 Å². The van der Waals surface area contributed by atoms with Crippen molar-refractivity contribution in [1.29, 1.82) is 5.41 Å². The van der Waals surface area contributed by atoms with E-state index in [0.29, 0.717) is 22.7 Å². The Kier molecular flexibility index (Phi) is 6.14. The lowest BCUT2D eigenvalue weighted by atomic mass is 10.1. The van der Waals surface area contributed by atoms with Gasteiger partial charge in [-0.1, -0.05) is 31.7 Å². The number of hydrogen-bond acceptors (Lipinski definition) is 5. The van der Waals surface area contributed by atoms with Crippen LogP contribution in [0.2, 0.25) is 0 Å². The lowest BCUT2D eigenvalue weighted by Gasteiger charge is -2.12. The van der Waals surface area contributed by atoms with E-state index in [1.165, 1.54) is 0 Å². The summed E-state index contributed by atoms with van der Waals surface area (Å²) in [6.07, 6.45) is 1.01. The molecule has 6 heteroatoms. The average molecular weight is 388 g/mol. The molecule has 0 bridgehead atoms. The molecule has 0 spiro atoms. The maximum Gasteiger partial charge on any atom is 0.343 e. The number of fused-ring (bicyclic) bond motifs is 1. The molecular formula is C23H24N4O2. The van der Waals surface area contributed by atoms with Crippen LogP contribution in [-0.4, -0.2) is 18.3 Å². The Bertz CT molecular complexity index is 1060. The maximum atomic E-state index is 12.5. The van der Waals surface area contributed by atoms with E-state index in [4.69, 9.17) is 15.9 Å². The summed E-state index contributed by atoms with van der Waals surface area (Å²) in [6, 6.07) is 17.8. The van der Waals surface area contributed by atoms with Crippen molar-refractivity contribution in [3.8, 4) is 5.75 Å². The van der Waals surface area contributed by atoms with Crippen LogP contribution in [0.3, 0.4) is 0 Å². The van der Waals surface area contributed by atoms with E-state index in [1.807, 2.05) is 18.2 Å². The summed E-state index contributed by atoms with van der Waals surface area (Å²) in [5.41, 5.74) is 7.47. The van der Waals surface area contributed by atoms with Crippen molar-refractivity contribution in [2.24, 2.45) is 5.73 Å². The van der Waals surface area contributed by atoms with Crippen molar-refractivity contribution in [1.82, 2.24) is 5.32 Å². The van der Waals surface area contributed by atoms with Crippen LogP contribution in [0.25, 0.3) is 10.8 Å². The van der Waals surface area contributed by atoms with Crippen LogP contribution in [0, 0.1) is 5.41 Å². The smallest absolute Gasteiger partial charge is 0.343 e. The Morgan fingerprint density at radius 2 is 1.69 bits per heavy atom. The molecule has 0 aliphatic rings. The first-order chi connectivity index (χ1) is 14.0. The van der Waals surface area contributed by atoms with Gasteiger partial charge in [0.2, 0.25) is 0 Å². The van der Waals surface area contributed by atoms with Crippen LogP contribution in [0.15, 0.2) is 73.1 Å². The van der Waals surface area contributed by atoms with E-state index in [2.05, 4.69) is 24.1 Å². The molecule has 148 valence electrons. The SMILES string of the molecule is C=C(NCCC)Nc1ccc(C(=O)Oc2ccc3cc(C(=N)N)ccc3c2)cc1. The third-order valence-corrected chi connectivity index (χ3v) is 4.34. The highest BCUT2D eigenvalue weighted by Crippen LogP contribution is 2.23. The maximum absolute atomic E-state index is 12.5. The summed E-state index contributed by atoms with van der Waals surface area (Å²) in [5, 5.41) is 15.6.